The first-order valence-corrected chi connectivity index (χ1v) is 6.17. The number of hydrogen-bond donors (Lipinski definition) is 2. The average molecular weight is 276 g/mol. The highest BCUT2D eigenvalue weighted by Gasteiger charge is 2.35. The molecule has 0 bridgehead atoms. The van der Waals surface area contributed by atoms with Crippen LogP contribution in [0.25, 0.3) is 0 Å². The van der Waals surface area contributed by atoms with Gasteiger partial charge in [-0.2, -0.15) is 0 Å². The summed E-state index contributed by atoms with van der Waals surface area (Å²) in [6.07, 6.45) is -1.30. The Hall–Kier alpha value is -1.63. The first-order chi connectivity index (χ1) is 8.93. The molecule has 0 saturated heterocycles. The highest BCUT2D eigenvalue weighted by Crippen LogP contribution is 2.13. The van der Waals surface area contributed by atoms with Crippen LogP contribution in [0.5, 0.6) is 0 Å². The number of carbonyl (C=O) groups is 3. The first-order valence-electron chi connectivity index (χ1n) is 6.17. The summed E-state index contributed by atoms with van der Waals surface area (Å²) in [5, 5.41) is 18.5. The molecule has 110 valence electrons. The van der Waals surface area contributed by atoms with E-state index in [-0.39, 0.29) is 13.2 Å². The molecule has 0 radical (unpaired) electrons. The van der Waals surface area contributed by atoms with Crippen molar-refractivity contribution in [2.45, 2.75) is 39.2 Å². The van der Waals surface area contributed by atoms with E-state index in [1.54, 1.807) is 13.8 Å². The molecule has 0 fully saturated rings. The Morgan fingerprint density at radius 1 is 1.05 bits per heavy atom. The quantitative estimate of drug-likeness (QED) is 0.584. The molecule has 0 rings (SSSR count). The minimum Gasteiger partial charge on any atom is -0.481 e. The largest absolute Gasteiger partial charge is 0.481 e. The summed E-state index contributed by atoms with van der Waals surface area (Å²) in [4.78, 5) is 33.6. The molecular weight excluding hydrogens is 256 g/mol. The Kier molecular flexibility index (Phi) is 8.52. The Bertz CT molecular complexity index is 313. The van der Waals surface area contributed by atoms with Crippen molar-refractivity contribution in [1.29, 1.82) is 0 Å². The number of rotatable bonds is 9. The van der Waals surface area contributed by atoms with Crippen molar-refractivity contribution in [2.24, 2.45) is 5.92 Å². The van der Waals surface area contributed by atoms with Crippen molar-refractivity contribution in [3.8, 4) is 0 Å². The third kappa shape index (κ3) is 6.76. The first kappa shape index (κ1) is 17.4. The lowest BCUT2D eigenvalue weighted by Crippen LogP contribution is -2.38. The van der Waals surface area contributed by atoms with Gasteiger partial charge >= 0.3 is 17.9 Å². The van der Waals surface area contributed by atoms with Crippen molar-refractivity contribution in [3.63, 3.8) is 0 Å². The summed E-state index contributed by atoms with van der Waals surface area (Å²) in [6, 6.07) is 0. The number of esters is 2. The molecule has 0 aliphatic heterocycles. The van der Waals surface area contributed by atoms with Gasteiger partial charge in [-0.1, -0.05) is 13.8 Å². The summed E-state index contributed by atoms with van der Waals surface area (Å²) < 4.78 is 9.36. The van der Waals surface area contributed by atoms with Gasteiger partial charge in [-0.3, -0.25) is 9.59 Å². The van der Waals surface area contributed by atoms with E-state index in [9.17, 15) is 19.5 Å². The zero-order valence-electron chi connectivity index (χ0n) is 11.1. The maximum Gasteiger partial charge on any atom is 0.335 e. The summed E-state index contributed by atoms with van der Waals surface area (Å²) in [7, 11) is 0. The van der Waals surface area contributed by atoms with Gasteiger partial charge in [-0.25, -0.2) is 4.79 Å². The van der Waals surface area contributed by atoms with E-state index < -0.39 is 36.4 Å². The fourth-order valence-corrected chi connectivity index (χ4v) is 1.24. The highest BCUT2D eigenvalue weighted by molar-refractivity contribution is 5.86. The molecule has 2 atom stereocenters. The van der Waals surface area contributed by atoms with Gasteiger partial charge in [0.2, 0.25) is 0 Å². The fourth-order valence-electron chi connectivity index (χ4n) is 1.24. The number of aliphatic carboxylic acids is 1. The van der Waals surface area contributed by atoms with Crippen molar-refractivity contribution in [3.05, 3.63) is 0 Å². The van der Waals surface area contributed by atoms with Gasteiger partial charge < -0.3 is 19.7 Å². The second kappa shape index (κ2) is 9.32. The number of carboxylic acids is 1. The van der Waals surface area contributed by atoms with Crippen LogP contribution >= 0.6 is 0 Å². The molecule has 7 heteroatoms. The Morgan fingerprint density at radius 3 is 2.05 bits per heavy atom. The van der Waals surface area contributed by atoms with Crippen LogP contribution in [-0.2, 0) is 23.9 Å². The van der Waals surface area contributed by atoms with Crippen LogP contribution in [0.1, 0.15) is 33.1 Å². The van der Waals surface area contributed by atoms with Gasteiger partial charge in [0.05, 0.1) is 19.6 Å². The molecule has 0 saturated carbocycles. The molecule has 0 aliphatic carbocycles. The van der Waals surface area contributed by atoms with Gasteiger partial charge in [0, 0.05) is 0 Å². The number of hydrogen-bond acceptors (Lipinski definition) is 6. The lowest BCUT2D eigenvalue weighted by Gasteiger charge is -2.17. The van der Waals surface area contributed by atoms with Crippen molar-refractivity contribution in [1.82, 2.24) is 0 Å². The predicted molar refractivity (Wildman–Crippen MR) is 64.2 cm³/mol. The number of aliphatic hydroxyl groups is 1. The van der Waals surface area contributed by atoms with Gasteiger partial charge in [0.15, 0.2) is 6.10 Å². The molecule has 2 unspecified atom stereocenters. The van der Waals surface area contributed by atoms with E-state index in [0.717, 1.165) is 0 Å². The topological polar surface area (TPSA) is 110 Å². The minimum atomic E-state index is -1.88. The smallest absolute Gasteiger partial charge is 0.335 e. The maximum atomic E-state index is 11.4. The number of carboxylic acid groups (broad SMARTS) is 1. The van der Waals surface area contributed by atoms with Crippen molar-refractivity contribution >= 4 is 17.9 Å². The molecule has 7 nitrogen and oxygen atoms in total. The van der Waals surface area contributed by atoms with E-state index in [1.807, 2.05) is 0 Å². The molecule has 0 spiro atoms. The molecule has 0 aromatic rings. The normalized spacial score (nSPS) is 13.4. The lowest BCUT2D eigenvalue weighted by atomic mass is 9.99. The minimum absolute atomic E-state index is 0.0858. The summed E-state index contributed by atoms with van der Waals surface area (Å²) >= 11 is 0. The number of carbonyl (C=O) groups excluding carboxylic acids is 2. The van der Waals surface area contributed by atoms with Gasteiger partial charge in [0.1, 0.15) is 5.92 Å². The van der Waals surface area contributed by atoms with Crippen LogP contribution in [0.4, 0.5) is 0 Å². The average Bonchev–Trinajstić information content (AvgIpc) is 2.38. The van der Waals surface area contributed by atoms with Crippen LogP contribution in [0.2, 0.25) is 0 Å². The standard InChI is InChI=1S/C12H20O7/c1-3-5-18-9(13)7-8(11(15)16)10(14)12(17)19-6-4-2/h8,10,14H,3-7H2,1-2H3,(H,15,16). The molecule has 2 N–H and O–H groups in total. The van der Waals surface area contributed by atoms with Gasteiger partial charge in [-0.05, 0) is 12.8 Å². The zero-order valence-corrected chi connectivity index (χ0v) is 11.1. The van der Waals surface area contributed by atoms with Crippen LogP contribution in [-0.4, -0.2) is 47.4 Å². The molecule has 0 aliphatic rings. The third-order valence-electron chi connectivity index (χ3n) is 2.24. The summed E-state index contributed by atoms with van der Waals surface area (Å²) in [5.41, 5.74) is 0. The zero-order chi connectivity index (χ0) is 14.8. The summed E-state index contributed by atoms with van der Waals surface area (Å²) in [5.74, 6) is -4.82. The highest BCUT2D eigenvalue weighted by atomic mass is 16.5. The van der Waals surface area contributed by atoms with E-state index >= 15 is 0 Å². The second-order valence-electron chi connectivity index (χ2n) is 3.98. The number of ether oxygens (including phenoxy) is 2. The predicted octanol–water partition coefficient (Wildman–Crippen LogP) is 0.345. The molecule has 0 heterocycles. The molecular formula is C12H20O7. The molecule has 0 aromatic carbocycles. The van der Waals surface area contributed by atoms with E-state index in [2.05, 4.69) is 4.74 Å². The van der Waals surface area contributed by atoms with E-state index in [1.165, 1.54) is 0 Å². The van der Waals surface area contributed by atoms with Gasteiger partial charge in [0.25, 0.3) is 0 Å². The Labute approximate surface area is 111 Å². The lowest BCUT2D eigenvalue weighted by molar-refractivity contribution is -0.167. The molecule has 19 heavy (non-hydrogen) atoms. The van der Waals surface area contributed by atoms with Gasteiger partial charge in [-0.15, -0.1) is 0 Å². The van der Waals surface area contributed by atoms with E-state index in [0.29, 0.717) is 12.8 Å². The van der Waals surface area contributed by atoms with Crippen LogP contribution < -0.4 is 0 Å². The fraction of sp³-hybridized carbons (Fsp3) is 0.750. The monoisotopic (exact) mass is 276 g/mol. The number of aliphatic hydroxyl groups excluding tert-OH is 1. The molecule has 0 aromatic heterocycles. The van der Waals surface area contributed by atoms with Crippen LogP contribution in [0.3, 0.4) is 0 Å². The van der Waals surface area contributed by atoms with Crippen LogP contribution in [0.15, 0.2) is 0 Å². The maximum absolute atomic E-state index is 11.4. The molecule has 0 amide bonds. The van der Waals surface area contributed by atoms with Crippen molar-refractivity contribution < 1.29 is 34.1 Å². The van der Waals surface area contributed by atoms with Crippen molar-refractivity contribution in [2.75, 3.05) is 13.2 Å². The SMILES string of the molecule is CCCOC(=O)CC(C(=O)O)C(O)C(=O)OCCC. The summed E-state index contributed by atoms with van der Waals surface area (Å²) in [6.45, 7) is 3.80. The van der Waals surface area contributed by atoms with Crippen LogP contribution in [0, 0.1) is 5.92 Å². The Morgan fingerprint density at radius 2 is 1.58 bits per heavy atom. The second-order valence-corrected chi connectivity index (χ2v) is 3.98. The Balaban J connectivity index is 4.50. The van der Waals surface area contributed by atoms with E-state index in [4.69, 9.17) is 9.84 Å². The third-order valence-corrected chi connectivity index (χ3v) is 2.24.